The van der Waals surface area contributed by atoms with Crippen molar-refractivity contribution in [1.29, 1.82) is 0 Å². The minimum Gasteiger partial charge on any atom is -0.480 e. The van der Waals surface area contributed by atoms with Gasteiger partial charge in [-0.3, -0.25) is 9.59 Å². The van der Waals surface area contributed by atoms with Gasteiger partial charge in [0.05, 0.1) is 5.56 Å². The number of likely N-dealkylation sites (N-methyl/N-ethyl adjacent to an activating group) is 1. The van der Waals surface area contributed by atoms with Crippen LogP contribution in [0.25, 0.3) is 0 Å². The Balaban J connectivity index is 2.36. The first-order valence-electron chi connectivity index (χ1n) is 6.80. The Morgan fingerprint density at radius 2 is 1.82 bits per heavy atom. The molecule has 4 nitrogen and oxygen atoms in total. The summed E-state index contributed by atoms with van der Waals surface area (Å²) in [5.74, 6) is -0.149. The number of amides is 1. The molecule has 0 aliphatic carbocycles. The molecule has 22 heavy (non-hydrogen) atoms. The summed E-state index contributed by atoms with van der Waals surface area (Å²) in [7, 11) is 1.53. The molecule has 0 fully saturated rings. The van der Waals surface area contributed by atoms with Gasteiger partial charge in [0.2, 0.25) is 0 Å². The first-order chi connectivity index (χ1) is 10.5. The van der Waals surface area contributed by atoms with E-state index in [0.29, 0.717) is 21.9 Å². The Morgan fingerprint density at radius 3 is 2.45 bits per heavy atom. The molecule has 0 heterocycles. The molecule has 0 saturated carbocycles. The second-order valence-electron chi connectivity index (χ2n) is 4.71. The van der Waals surface area contributed by atoms with Crippen LogP contribution >= 0.6 is 11.6 Å². The van der Waals surface area contributed by atoms with Crippen LogP contribution in [-0.4, -0.2) is 24.8 Å². The van der Waals surface area contributed by atoms with Crippen LogP contribution in [0.5, 0.6) is 5.75 Å². The Morgan fingerprint density at radius 1 is 1.14 bits per heavy atom. The van der Waals surface area contributed by atoms with Crippen LogP contribution in [0.4, 0.5) is 0 Å². The lowest BCUT2D eigenvalue weighted by Gasteiger charge is -2.16. The Kier molecular flexibility index (Phi) is 5.17. The average Bonchev–Trinajstić information content (AvgIpc) is 2.55. The minimum absolute atomic E-state index is 0.206. The molecule has 2 rings (SSSR count). The number of carbonyl (C=O) groups excluding carboxylic acids is 2. The number of ketones is 1. The van der Waals surface area contributed by atoms with Crippen LogP contribution in [0.3, 0.4) is 0 Å². The van der Waals surface area contributed by atoms with E-state index in [2.05, 4.69) is 5.32 Å². The molecule has 0 aromatic heterocycles. The zero-order valence-electron chi connectivity index (χ0n) is 12.3. The van der Waals surface area contributed by atoms with Gasteiger partial charge in [-0.05, 0) is 25.1 Å². The van der Waals surface area contributed by atoms with E-state index in [-0.39, 0.29) is 11.7 Å². The van der Waals surface area contributed by atoms with Crippen molar-refractivity contribution in [3.63, 3.8) is 0 Å². The van der Waals surface area contributed by atoms with Gasteiger partial charge in [0.1, 0.15) is 5.75 Å². The molecule has 0 bridgehead atoms. The maximum atomic E-state index is 12.6. The highest BCUT2D eigenvalue weighted by Gasteiger charge is 2.19. The van der Waals surface area contributed by atoms with Crippen LogP contribution in [0, 0.1) is 0 Å². The number of rotatable bonds is 5. The normalized spacial score (nSPS) is 11.6. The maximum Gasteiger partial charge on any atom is 0.260 e. The number of benzene rings is 2. The number of hydrogen-bond donors (Lipinski definition) is 1. The van der Waals surface area contributed by atoms with E-state index in [1.165, 1.54) is 7.05 Å². The number of ether oxygens (including phenoxy) is 1. The van der Waals surface area contributed by atoms with Gasteiger partial charge in [0, 0.05) is 17.6 Å². The third-order valence-electron chi connectivity index (χ3n) is 3.14. The zero-order chi connectivity index (χ0) is 16.1. The quantitative estimate of drug-likeness (QED) is 0.862. The predicted molar refractivity (Wildman–Crippen MR) is 85.5 cm³/mol. The summed E-state index contributed by atoms with van der Waals surface area (Å²) < 4.78 is 5.60. The van der Waals surface area contributed by atoms with Crippen LogP contribution in [-0.2, 0) is 4.79 Å². The van der Waals surface area contributed by atoms with Crippen molar-refractivity contribution < 1.29 is 14.3 Å². The van der Waals surface area contributed by atoms with Crippen molar-refractivity contribution in [3.8, 4) is 5.75 Å². The van der Waals surface area contributed by atoms with E-state index < -0.39 is 6.10 Å². The molecule has 1 atom stereocenters. The smallest absolute Gasteiger partial charge is 0.260 e. The largest absolute Gasteiger partial charge is 0.480 e. The van der Waals surface area contributed by atoms with Crippen LogP contribution < -0.4 is 10.1 Å². The molecule has 2 aromatic rings. The monoisotopic (exact) mass is 317 g/mol. The fraction of sp³-hybridized carbons (Fsp3) is 0.176. The molecule has 0 saturated heterocycles. The summed E-state index contributed by atoms with van der Waals surface area (Å²) in [5.41, 5.74) is 0.858. The minimum atomic E-state index is -0.714. The zero-order valence-corrected chi connectivity index (χ0v) is 13.1. The molecule has 0 spiro atoms. The Labute approximate surface area is 134 Å². The standard InChI is InChI=1S/C17H16ClNO3/c1-11(17(21)19-2)22-15-9-8-13(18)10-14(15)16(20)12-6-4-3-5-7-12/h3-11H,1-2H3,(H,19,21). The summed E-state index contributed by atoms with van der Waals surface area (Å²) in [6, 6.07) is 13.6. The van der Waals surface area contributed by atoms with Crippen molar-refractivity contribution >= 4 is 23.3 Å². The van der Waals surface area contributed by atoms with E-state index >= 15 is 0 Å². The summed E-state index contributed by atoms with van der Waals surface area (Å²) >= 11 is 5.99. The summed E-state index contributed by atoms with van der Waals surface area (Å²) in [4.78, 5) is 24.2. The predicted octanol–water partition coefficient (Wildman–Crippen LogP) is 3.08. The van der Waals surface area contributed by atoms with Gasteiger partial charge >= 0.3 is 0 Å². The lowest BCUT2D eigenvalue weighted by atomic mass is 10.0. The number of hydrogen-bond acceptors (Lipinski definition) is 3. The molecule has 2 aromatic carbocycles. The fourth-order valence-electron chi connectivity index (χ4n) is 1.97. The molecule has 1 unspecified atom stereocenters. The van der Waals surface area contributed by atoms with Crippen molar-refractivity contribution in [3.05, 3.63) is 64.7 Å². The van der Waals surface area contributed by atoms with Crippen molar-refractivity contribution in [2.45, 2.75) is 13.0 Å². The lowest BCUT2D eigenvalue weighted by molar-refractivity contribution is -0.126. The summed E-state index contributed by atoms with van der Waals surface area (Å²) in [5, 5.41) is 2.93. The van der Waals surface area contributed by atoms with E-state index in [1.54, 1.807) is 49.4 Å². The van der Waals surface area contributed by atoms with Gasteiger partial charge in [-0.2, -0.15) is 0 Å². The molecule has 0 radical (unpaired) electrons. The van der Waals surface area contributed by atoms with Crippen molar-refractivity contribution in [2.24, 2.45) is 0 Å². The molecular formula is C17H16ClNO3. The maximum absolute atomic E-state index is 12.6. The second kappa shape index (κ2) is 7.09. The molecule has 0 aliphatic heterocycles. The second-order valence-corrected chi connectivity index (χ2v) is 5.15. The van der Waals surface area contributed by atoms with Crippen LogP contribution in [0.1, 0.15) is 22.8 Å². The van der Waals surface area contributed by atoms with E-state index in [1.807, 2.05) is 6.07 Å². The van der Waals surface area contributed by atoms with Gasteiger partial charge in [0.15, 0.2) is 11.9 Å². The molecule has 1 N–H and O–H groups in total. The number of carbonyl (C=O) groups is 2. The van der Waals surface area contributed by atoms with E-state index in [0.717, 1.165) is 0 Å². The van der Waals surface area contributed by atoms with Gasteiger partial charge in [-0.1, -0.05) is 41.9 Å². The Bertz CT molecular complexity index is 686. The first-order valence-corrected chi connectivity index (χ1v) is 7.18. The summed E-state index contributed by atoms with van der Waals surface area (Å²) in [6.45, 7) is 1.62. The first kappa shape index (κ1) is 16.0. The highest BCUT2D eigenvalue weighted by atomic mass is 35.5. The third-order valence-corrected chi connectivity index (χ3v) is 3.38. The summed E-state index contributed by atoms with van der Waals surface area (Å²) in [6.07, 6.45) is -0.714. The topological polar surface area (TPSA) is 55.4 Å². The average molecular weight is 318 g/mol. The molecule has 0 aliphatic rings. The highest BCUT2D eigenvalue weighted by Crippen LogP contribution is 2.26. The van der Waals surface area contributed by atoms with Gasteiger partial charge < -0.3 is 10.1 Å². The lowest BCUT2D eigenvalue weighted by Crippen LogP contribution is -2.34. The number of nitrogens with one attached hydrogen (secondary N) is 1. The van der Waals surface area contributed by atoms with Gasteiger partial charge in [-0.25, -0.2) is 0 Å². The van der Waals surface area contributed by atoms with Crippen molar-refractivity contribution in [2.75, 3.05) is 7.05 Å². The molecule has 1 amide bonds. The van der Waals surface area contributed by atoms with Gasteiger partial charge in [-0.15, -0.1) is 0 Å². The van der Waals surface area contributed by atoms with Crippen molar-refractivity contribution in [1.82, 2.24) is 5.32 Å². The van der Waals surface area contributed by atoms with E-state index in [4.69, 9.17) is 16.3 Å². The molecule has 114 valence electrons. The fourth-order valence-corrected chi connectivity index (χ4v) is 2.15. The van der Waals surface area contributed by atoms with Gasteiger partial charge in [0.25, 0.3) is 5.91 Å². The van der Waals surface area contributed by atoms with E-state index in [9.17, 15) is 9.59 Å². The van der Waals surface area contributed by atoms with Crippen LogP contribution in [0.2, 0.25) is 5.02 Å². The molecular weight excluding hydrogens is 302 g/mol. The Hall–Kier alpha value is -2.33. The SMILES string of the molecule is CNC(=O)C(C)Oc1ccc(Cl)cc1C(=O)c1ccccc1. The number of halogens is 1. The highest BCUT2D eigenvalue weighted by molar-refractivity contribution is 6.31. The molecule has 5 heteroatoms. The third kappa shape index (κ3) is 3.65. The van der Waals surface area contributed by atoms with Crippen LogP contribution in [0.15, 0.2) is 48.5 Å².